The molecule has 0 bridgehead atoms. The molecule has 17 heavy (non-hydrogen) atoms. The molecule has 0 aliphatic heterocycles. The number of rotatable bonds is 8. The highest BCUT2D eigenvalue weighted by Gasteiger charge is 2.11. The van der Waals surface area contributed by atoms with E-state index in [1.807, 2.05) is 30.9 Å². The third-order valence-electron chi connectivity index (χ3n) is 2.92. The second-order valence-electron chi connectivity index (χ2n) is 4.22. The van der Waals surface area contributed by atoms with E-state index in [1.165, 1.54) is 17.7 Å². The van der Waals surface area contributed by atoms with Crippen molar-refractivity contribution in [2.75, 3.05) is 32.7 Å². The van der Waals surface area contributed by atoms with Crippen molar-refractivity contribution >= 4 is 11.8 Å². The highest BCUT2D eigenvalue weighted by atomic mass is 32.2. The van der Waals surface area contributed by atoms with Crippen molar-refractivity contribution in [2.24, 2.45) is 5.92 Å². The van der Waals surface area contributed by atoms with Gasteiger partial charge in [0.25, 0.3) is 0 Å². The lowest BCUT2D eigenvalue weighted by molar-refractivity contribution is 0.401. The molecule has 96 valence electrons. The molecule has 1 aromatic rings. The maximum absolute atomic E-state index is 5.40. The molecule has 0 spiro atoms. The topological polar surface area (TPSA) is 21.3 Å². The van der Waals surface area contributed by atoms with Crippen LogP contribution in [0.25, 0.3) is 0 Å². The maximum Gasteiger partial charge on any atom is 0.122 e. The van der Waals surface area contributed by atoms with Crippen LogP contribution in [0.3, 0.4) is 0 Å². The highest BCUT2D eigenvalue weighted by Crippen LogP contribution is 2.22. The van der Waals surface area contributed by atoms with Gasteiger partial charge in [-0.15, -0.1) is 0 Å². The van der Waals surface area contributed by atoms with Gasteiger partial charge < -0.3 is 10.1 Å². The summed E-state index contributed by atoms with van der Waals surface area (Å²) in [6, 6.07) is 8.32. The zero-order valence-corrected chi connectivity index (χ0v) is 11.8. The molecule has 0 aromatic heterocycles. The Kier molecular flexibility index (Phi) is 7.13. The molecule has 1 N–H and O–H groups in total. The molecule has 2 nitrogen and oxygen atoms in total. The second-order valence-corrected chi connectivity index (χ2v) is 5.21. The van der Waals surface area contributed by atoms with Crippen LogP contribution in [0.5, 0.6) is 5.75 Å². The fraction of sp³-hybridized carbons (Fsp3) is 0.571. The minimum absolute atomic E-state index is 0.684. The maximum atomic E-state index is 5.40. The van der Waals surface area contributed by atoms with Crippen LogP contribution in [0.15, 0.2) is 24.3 Å². The van der Waals surface area contributed by atoms with Crippen molar-refractivity contribution in [3.63, 3.8) is 0 Å². The van der Waals surface area contributed by atoms with Gasteiger partial charge in [-0.2, -0.15) is 11.8 Å². The van der Waals surface area contributed by atoms with E-state index in [2.05, 4.69) is 23.7 Å². The van der Waals surface area contributed by atoms with E-state index in [1.54, 1.807) is 7.11 Å². The Morgan fingerprint density at radius 2 is 2.12 bits per heavy atom. The van der Waals surface area contributed by atoms with Crippen molar-refractivity contribution in [3.05, 3.63) is 29.8 Å². The van der Waals surface area contributed by atoms with Crippen LogP contribution < -0.4 is 10.1 Å². The summed E-state index contributed by atoms with van der Waals surface area (Å²) in [5, 5.41) is 3.28. The zero-order valence-electron chi connectivity index (χ0n) is 11.0. The largest absolute Gasteiger partial charge is 0.496 e. The predicted molar refractivity (Wildman–Crippen MR) is 77.1 cm³/mol. The minimum Gasteiger partial charge on any atom is -0.496 e. The molecule has 0 fully saturated rings. The van der Waals surface area contributed by atoms with Crippen LogP contribution >= 0.6 is 11.8 Å². The Bertz CT molecular complexity index is 317. The van der Waals surface area contributed by atoms with Crippen LogP contribution in [-0.4, -0.2) is 32.7 Å². The average Bonchev–Trinajstić information content (AvgIpc) is 2.37. The van der Waals surface area contributed by atoms with Crippen molar-refractivity contribution in [3.8, 4) is 5.75 Å². The number of nitrogens with one attached hydrogen (secondary N) is 1. The van der Waals surface area contributed by atoms with Crippen LogP contribution in [-0.2, 0) is 6.42 Å². The van der Waals surface area contributed by atoms with Gasteiger partial charge in [0.05, 0.1) is 7.11 Å². The van der Waals surface area contributed by atoms with Gasteiger partial charge in [0.2, 0.25) is 0 Å². The van der Waals surface area contributed by atoms with Gasteiger partial charge in [0.15, 0.2) is 0 Å². The van der Waals surface area contributed by atoms with Gasteiger partial charge in [0, 0.05) is 0 Å². The van der Waals surface area contributed by atoms with Crippen molar-refractivity contribution in [2.45, 2.75) is 12.8 Å². The Morgan fingerprint density at radius 3 is 2.76 bits per heavy atom. The predicted octanol–water partition coefficient (Wildman–Crippen LogP) is 2.83. The normalized spacial score (nSPS) is 12.4. The van der Waals surface area contributed by atoms with E-state index in [4.69, 9.17) is 4.74 Å². The molecule has 0 saturated carbocycles. The molecule has 0 aliphatic carbocycles. The van der Waals surface area contributed by atoms with E-state index >= 15 is 0 Å². The number of hydrogen-bond acceptors (Lipinski definition) is 3. The third-order valence-corrected chi connectivity index (χ3v) is 3.57. The summed E-state index contributed by atoms with van der Waals surface area (Å²) in [5.74, 6) is 2.92. The molecule has 1 unspecified atom stereocenters. The standard InChI is InChI=1S/C14H23NOS/c1-15-11-12(8-9-17-3)10-13-6-4-5-7-14(13)16-2/h4-7,12,15H,8-11H2,1-3H3. The van der Waals surface area contributed by atoms with Gasteiger partial charge in [-0.05, 0) is 56.0 Å². The van der Waals surface area contributed by atoms with E-state index in [0.29, 0.717) is 5.92 Å². The first-order valence-corrected chi connectivity index (χ1v) is 7.46. The zero-order chi connectivity index (χ0) is 12.5. The van der Waals surface area contributed by atoms with Crippen molar-refractivity contribution in [1.29, 1.82) is 0 Å². The van der Waals surface area contributed by atoms with Crippen molar-refractivity contribution in [1.82, 2.24) is 5.32 Å². The molecule has 0 radical (unpaired) electrons. The van der Waals surface area contributed by atoms with Gasteiger partial charge in [-0.1, -0.05) is 18.2 Å². The molecule has 1 rings (SSSR count). The van der Waals surface area contributed by atoms with Gasteiger partial charge in [0.1, 0.15) is 5.75 Å². The summed E-state index contributed by atoms with van der Waals surface area (Å²) in [6.07, 6.45) is 4.50. The number of benzene rings is 1. The van der Waals surface area contributed by atoms with Gasteiger partial charge in [-0.3, -0.25) is 0 Å². The fourth-order valence-corrected chi connectivity index (χ4v) is 2.60. The fourth-order valence-electron chi connectivity index (χ4n) is 2.03. The summed E-state index contributed by atoms with van der Waals surface area (Å²) >= 11 is 1.92. The average molecular weight is 253 g/mol. The van der Waals surface area contributed by atoms with Crippen LogP contribution in [0, 0.1) is 5.92 Å². The van der Waals surface area contributed by atoms with Gasteiger partial charge in [-0.25, -0.2) is 0 Å². The number of hydrogen-bond donors (Lipinski definition) is 1. The molecule has 0 heterocycles. The second kappa shape index (κ2) is 8.43. The number of thioether (sulfide) groups is 1. The van der Waals surface area contributed by atoms with Gasteiger partial charge >= 0.3 is 0 Å². The highest BCUT2D eigenvalue weighted by molar-refractivity contribution is 7.98. The summed E-state index contributed by atoms with van der Waals surface area (Å²) in [5.41, 5.74) is 1.32. The molecular formula is C14H23NOS. The summed E-state index contributed by atoms with van der Waals surface area (Å²) in [7, 11) is 3.77. The van der Waals surface area contributed by atoms with Crippen LogP contribution in [0.1, 0.15) is 12.0 Å². The lowest BCUT2D eigenvalue weighted by Gasteiger charge is -2.17. The Hall–Kier alpha value is -0.670. The lowest BCUT2D eigenvalue weighted by Crippen LogP contribution is -2.21. The Balaban J connectivity index is 2.63. The number of ether oxygens (including phenoxy) is 1. The quantitative estimate of drug-likeness (QED) is 0.770. The molecule has 3 heteroatoms. The van der Waals surface area contributed by atoms with E-state index in [9.17, 15) is 0 Å². The first-order chi connectivity index (χ1) is 8.31. The first-order valence-electron chi connectivity index (χ1n) is 6.07. The minimum atomic E-state index is 0.684. The molecule has 1 atom stereocenters. The molecule has 0 saturated heterocycles. The van der Waals surface area contributed by atoms with Crippen LogP contribution in [0.2, 0.25) is 0 Å². The smallest absolute Gasteiger partial charge is 0.122 e. The van der Waals surface area contributed by atoms with E-state index in [0.717, 1.165) is 18.7 Å². The molecule has 0 amide bonds. The lowest BCUT2D eigenvalue weighted by atomic mass is 9.96. The monoisotopic (exact) mass is 253 g/mol. The molecule has 1 aromatic carbocycles. The number of methoxy groups -OCH3 is 1. The SMILES string of the molecule is CNCC(CCSC)Cc1ccccc1OC. The third kappa shape index (κ3) is 5.00. The molecular weight excluding hydrogens is 230 g/mol. The molecule has 0 aliphatic rings. The summed E-state index contributed by atoms with van der Waals surface area (Å²) in [6.45, 7) is 1.07. The summed E-state index contributed by atoms with van der Waals surface area (Å²) < 4.78 is 5.40. The Labute approximate surface area is 109 Å². The van der Waals surface area contributed by atoms with E-state index < -0.39 is 0 Å². The van der Waals surface area contributed by atoms with Crippen molar-refractivity contribution < 1.29 is 4.74 Å². The summed E-state index contributed by atoms with van der Waals surface area (Å²) in [4.78, 5) is 0. The van der Waals surface area contributed by atoms with Crippen LogP contribution in [0.4, 0.5) is 0 Å². The van der Waals surface area contributed by atoms with E-state index in [-0.39, 0.29) is 0 Å². The number of para-hydroxylation sites is 1. The first kappa shape index (κ1) is 14.4. The Morgan fingerprint density at radius 1 is 1.35 bits per heavy atom.